The van der Waals surface area contributed by atoms with Crippen LogP contribution in [0.25, 0.3) is 0 Å². The topological polar surface area (TPSA) is 20.2 Å². The van der Waals surface area contributed by atoms with Crippen molar-refractivity contribution < 1.29 is 5.11 Å². The third kappa shape index (κ3) is 1.33. The lowest BCUT2D eigenvalue weighted by molar-refractivity contribution is 0.0976. The van der Waals surface area contributed by atoms with Crippen molar-refractivity contribution in [1.29, 1.82) is 0 Å². The van der Waals surface area contributed by atoms with Gasteiger partial charge in [-0.25, -0.2) is 0 Å². The van der Waals surface area contributed by atoms with Crippen LogP contribution >= 0.6 is 11.6 Å². The summed E-state index contributed by atoms with van der Waals surface area (Å²) in [5, 5.41) is 11.2. The number of halogens is 1. The molecule has 2 aliphatic rings. The summed E-state index contributed by atoms with van der Waals surface area (Å²) in [6.07, 6.45) is 4.53. The van der Waals surface area contributed by atoms with Gasteiger partial charge in [0.05, 0.1) is 5.60 Å². The molecule has 2 fully saturated rings. The second-order valence-electron chi connectivity index (χ2n) is 4.84. The van der Waals surface area contributed by atoms with Crippen molar-refractivity contribution >= 4 is 11.6 Å². The second-order valence-corrected chi connectivity index (χ2v) is 5.25. The van der Waals surface area contributed by atoms with E-state index in [1.165, 1.54) is 6.42 Å². The van der Waals surface area contributed by atoms with Gasteiger partial charge in [-0.1, -0.05) is 42.6 Å². The van der Waals surface area contributed by atoms with Crippen LogP contribution in [0.15, 0.2) is 24.3 Å². The average Bonchev–Trinajstić information content (AvgIpc) is 2.85. The van der Waals surface area contributed by atoms with Crippen molar-refractivity contribution in [2.75, 3.05) is 0 Å². The first kappa shape index (κ1) is 9.68. The van der Waals surface area contributed by atoms with Crippen LogP contribution in [-0.2, 0) is 0 Å². The predicted octanol–water partition coefficient (Wildman–Crippen LogP) is 3.36. The Balaban J connectivity index is 1.94. The maximum Gasteiger partial charge on any atom is 0.0755 e. The van der Waals surface area contributed by atoms with Crippen molar-refractivity contribution in [2.24, 2.45) is 5.92 Å². The Morgan fingerprint density at radius 1 is 1.27 bits per heavy atom. The molecule has 0 radical (unpaired) electrons. The van der Waals surface area contributed by atoms with Crippen molar-refractivity contribution in [3.8, 4) is 0 Å². The number of aliphatic hydroxyl groups is 1. The quantitative estimate of drug-likeness (QED) is 0.773. The van der Waals surface area contributed by atoms with Gasteiger partial charge in [0.25, 0.3) is 0 Å². The van der Waals surface area contributed by atoms with E-state index in [-0.39, 0.29) is 0 Å². The zero-order chi connectivity index (χ0) is 10.5. The molecule has 0 saturated heterocycles. The minimum absolute atomic E-state index is 0.300. The van der Waals surface area contributed by atoms with Crippen molar-refractivity contribution in [3.05, 3.63) is 34.9 Å². The van der Waals surface area contributed by atoms with Gasteiger partial charge in [0.2, 0.25) is 0 Å². The summed E-state index contributed by atoms with van der Waals surface area (Å²) in [5.41, 5.74) is 0.719. The molecule has 3 rings (SSSR count). The second kappa shape index (κ2) is 3.23. The van der Waals surface area contributed by atoms with Crippen LogP contribution in [0.2, 0.25) is 5.02 Å². The first-order valence-corrected chi connectivity index (χ1v) is 6.08. The number of hydrogen-bond acceptors (Lipinski definition) is 1. The maximum absolute atomic E-state index is 10.4. The summed E-state index contributed by atoms with van der Waals surface area (Å²) < 4.78 is 0. The Morgan fingerprint density at radius 3 is 2.73 bits per heavy atom. The van der Waals surface area contributed by atoms with E-state index in [0.717, 1.165) is 29.8 Å². The molecule has 1 nitrogen and oxygen atoms in total. The van der Waals surface area contributed by atoms with Gasteiger partial charge in [0.15, 0.2) is 0 Å². The van der Waals surface area contributed by atoms with Crippen LogP contribution < -0.4 is 0 Å². The van der Waals surface area contributed by atoms with E-state index in [1.807, 2.05) is 18.2 Å². The lowest BCUT2D eigenvalue weighted by atomic mass is 9.98. The van der Waals surface area contributed by atoms with E-state index in [9.17, 15) is 5.11 Å². The van der Waals surface area contributed by atoms with Crippen molar-refractivity contribution in [2.45, 2.75) is 37.2 Å². The summed E-state index contributed by atoms with van der Waals surface area (Å²) in [6, 6.07) is 7.94. The van der Waals surface area contributed by atoms with Gasteiger partial charge < -0.3 is 5.11 Å². The van der Waals surface area contributed by atoms with Gasteiger partial charge in [-0.3, -0.25) is 0 Å². The molecule has 2 heteroatoms. The Morgan fingerprint density at radius 2 is 2.07 bits per heavy atom. The van der Waals surface area contributed by atoms with Crippen LogP contribution in [0, 0.1) is 5.92 Å². The van der Waals surface area contributed by atoms with Crippen molar-refractivity contribution in [3.63, 3.8) is 0 Å². The molecular formula is C13H15ClO. The summed E-state index contributed by atoms with van der Waals surface area (Å²) >= 11 is 6.18. The fraction of sp³-hybridized carbons (Fsp3) is 0.538. The molecule has 1 aromatic rings. The Hall–Kier alpha value is -0.530. The Kier molecular flexibility index (Phi) is 2.08. The third-order valence-electron chi connectivity index (χ3n) is 4.06. The highest BCUT2D eigenvalue weighted by Crippen LogP contribution is 2.65. The maximum atomic E-state index is 10.4. The van der Waals surface area contributed by atoms with E-state index in [4.69, 9.17) is 11.6 Å². The summed E-state index contributed by atoms with van der Waals surface area (Å²) in [5.74, 6) is 0.764. The van der Waals surface area contributed by atoms with E-state index in [0.29, 0.717) is 11.8 Å². The highest BCUT2D eigenvalue weighted by Gasteiger charge is 2.64. The SMILES string of the molecule is O[C@@]12CCCC[C@H]1[C@@H]2c1ccccc1Cl. The molecule has 80 valence electrons. The van der Waals surface area contributed by atoms with E-state index in [2.05, 4.69) is 6.07 Å². The molecule has 0 aromatic heterocycles. The van der Waals surface area contributed by atoms with E-state index in [1.54, 1.807) is 0 Å². The minimum atomic E-state index is -0.427. The van der Waals surface area contributed by atoms with E-state index < -0.39 is 5.60 Å². The molecule has 2 aliphatic carbocycles. The van der Waals surface area contributed by atoms with E-state index >= 15 is 0 Å². The smallest absolute Gasteiger partial charge is 0.0755 e. The molecule has 2 saturated carbocycles. The highest BCUT2D eigenvalue weighted by molar-refractivity contribution is 6.31. The number of benzene rings is 1. The fourth-order valence-electron chi connectivity index (χ4n) is 3.25. The van der Waals surface area contributed by atoms with Gasteiger partial charge in [-0.2, -0.15) is 0 Å². The summed E-state index contributed by atoms with van der Waals surface area (Å²) in [6.45, 7) is 0. The Bertz CT molecular complexity index is 390. The molecular weight excluding hydrogens is 208 g/mol. The first-order chi connectivity index (χ1) is 7.23. The molecule has 0 aliphatic heterocycles. The van der Waals surface area contributed by atoms with Crippen LogP contribution in [0.3, 0.4) is 0 Å². The lowest BCUT2D eigenvalue weighted by Crippen LogP contribution is -2.15. The largest absolute Gasteiger partial charge is 0.389 e. The highest BCUT2D eigenvalue weighted by atomic mass is 35.5. The molecule has 0 heterocycles. The van der Waals surface area contributed by atoms with Gasteiger partial charge in [-0.15, -0.1) is 0 Å². The number of fused-ring (bicyclic) bond motifs is 1. The van der Waals surface area contributed by atoms with Crippen LogP contribution in [0.4, 0.5) is 0 Å². The summed E-state index contributed by atoms with van der Waals surface area (Å²) in [4.78, 5) is 0. The zero-order valence-electron chi connectivity index (χ0n) is 8.62. The molecule has 0 unspecified atom stereocenters. The molecule has 0 amide bonds. The molecule has 15 heavy (non-hydrogen) atoms. The molecule has 0 bridgehead atoms. The fourth-order valence-corrected chi connectivity index (χ4v) is 3.50. The minimum Gasteiger partial charge on any atom is -0.389 e. The van der Waals surface area contributed by atoms with Crippen molar-refractivity contribution in [1.82, 2.24) is 0 Å². The molecule has 1 aromatic carbocycles. The molecule has 3 atom stereocenters. The number of hydrogen-bond donors (Lipinski definition) is 1. The number of rotatable bonds is 1. The predicted molar refractivity (Wildman–Crippen MR) is 61.1 cm³/mol. The lowest BCUT2D eigenvalue weighted by Gasteiger charge is -2.15. The van der Waals surface area contributed by atoms with Crippen LogP contribution in [0.5, 0.6) is 0 Å². The summed E-state index contributed by atoms with van der Waals surface area (Å²) in [7, 11) is 0. The average molecular weight is 223 g/mol. The normalized spacial score (nSPS) is 38.5. The monoisotopic (exact) mass is 222 g/mol. The molecule has 1 N–H and O–H groups in total. The van der Waals surface area contributed by atoms with Gasteiger partial charge in [0.1, 0.15) is 0 Å². The third-order valence-corrected chi connectivity index (χ3v) is 4.40. The van der Waals surface area contributed by atoms with Crippen LogP contribution in [-0.4, -0.2) is 10.7 Å². The molecule has 0 spiro atoms. The standard InChI is InChI=1S/C13H15ClO/c14-11-7-2-1-5-9(11)12-10-6-3-4-8-13(10,12)15/h1-2,5,7,10,12,15H,3-4,6,8H2/t10-,12-,13-/m0/s1. The zero-order valence-corrected chi connectivity index (χ0v) is 9.37. The van der Waals surface area contributed by atoms with Gasteiger partial charge >= 0.3 is 0 Å². The van der Waals surface area contributed by atoms with Crippen LogP contribution in [0.1, 0.15) is 37.2 Å². The Labute approximate surface area is 95.1 Å². The van der Waals surface area contributed by atoms with Gasteiger partial charge in [0, 0.05) is 10.9 Å². The first-order valence-electron chi connectivity index (χ1n) is 5.70. The van der Waals surface area contributed by atoms with Gasteiger partial charge in [-0.05, 0) is 30.4 Å².